The van der Waals surface area contributed by atoms with Crippen LogP contribution in [0.1, 0.15) is 11.1 Å². The first-order valence-corrected chi connectivity index (χ1v) is 8.53. The Morgan fingerprint density at radius 2 is 1.68 bits per heavy atom. The van der Waals surface area contributed by atoms with Crippen molar-refractivity contribution in [3.8, 4) is 6.07 Å². The van der Waals surface area contributed by atoms with E-state index < -0.39 is 0 Å². The fraction of sp³-hybridized carbons (Fsp3) is 0.300. The van der Waals surface area contributed by atoms with E-state index in [0.29, 0.717) is 11.3 Å². The summed E-state index contributed by atoms with van der Waals surface area (Å²) in [6, 6.07) is 19.8. The SMILES string of the molecule is N#Cc1ccccc1NCC(=O)N1CCN(Cc2ccccc2)CC1. The first kappa shape index (κ1) is 17.0. The Kier molecular flexibility index (Phi) is 5.65. The largest absolute Gasteiger partial charge is 0.375 e. The molecular formula is C20H22N4O. The Bertz CT molecular complexity index is 746. The molecule has 1 heterocycles. The van der Waals surface area contributed by atoms with E-state index in [2.05, 4.69) is 40.6 Å². The van der Waals surface area contributed by atoms with Gasteiger partial charge in [0.1, 0.15) is 6.07 Å². The minimum atomic E-state index is 0.0760. The van der Waals surface area contributed by atoms with Crippen LogP contribution in [0.15, 0.2) is 54.6 Å². The molecule has 1 aliphatic rings. The number of nitrogens with zero attached hydrogens (tertiary/aromatic N) is 3. The van der Waals surface area contributed by atoms with Crippen LogP contribution in [0, 0.1) is 11.3 Å². The highest BCUT2D eigenvalue weighted by atomic mass is 16.2. The predicted octanol–water partition coefficient (Wildman–Crippen LogP) is 2.31. The maximum absolute atomic E-state index is 12.4. The molecule has 0 radical (unpaired) electrons. The summed E-state index contributed by atoms with van der Waals surface area (Å²) in [7, 11) is 0. The van der Waals surface area contributed by atoms with Gasteiger partial charge in [-0.3, -0.25) is 9.69 Å². The third-order valence-corrected chi connectivity index (χ3v) is 4.45. The van der Waals surface area contributed by atoms with Gasteiger partial charge < -0.3 is 10.2 Å². The molecule has 128 valence electrons. The van der Waals surface area contributed by atoms with Crippen molar-refractivity contribution >= 4 is 11.6 Å². The average Bonchev–Trinajstić information content (AvgIpc) is 2.67. The Balaban J connectivity index is 1.46. The van der Waals surface area contributed by atoms with E-state index in [0.717, 1.165) is 32.7 Å². The molecule has 1 saturated heterocycles. The minimum Gasteiger partial charge on any atom is -0.375 e. The number of rotatable bonds is 5. The van der Waals surface area contributed by atoms with E-state index in [1.807, 2.05) is 29.2 Å². The monoisotopic (exact) mass is 334 g/mol. The Labute approximate surface area is 148 Å². The molecule has 0 atom stereocenters. The van der Waals surface area contributed by atoms with Gasteiger partial charge in [-0.2, -0.15) is 5.26 Å². The van der Waals surface area contributed by atoms with Gasteiger partial charge in [-0.05, 0) is 17.7 Å². The summed E-state index contributed by atoms with van der Waals surface area (Å²) in [6.45, 7) is 4.40. The van der Waals surface area contributed by atoms with E-state index >= 15 is 0 Å². The van der Waals surface area contributed by atoms with Gasteiger partial charge >= 0.3 is 0 Å². The minimum absolute atomic E-state index is 0.0760. The molecule has 0 aromatic heterocycles. The van der Waals surface area contributed by atoms with E-state index in [9.17, 15) is 4.79 Å². The van der Waals surface area contributed by atoms with E-state index in [1.54, 1.807) is 6.07 Å². The fourth-order valence-corrected chi connectivity index (χ4v) is 3.01. The molecule has 0 spiro atoms. The molecule has 1 N–H and O–H groups in total. The number of anilines is 1. The van der Waals surface area contributed by atoms with Gasteiger partial charge in [0.25, 0.3) is 0 Å². The summed E-state index contributed by atoms with van der Waals surface area (Å²) in [5.41, 5.74) is 2.57. The lowest BCUT2D eigenvalue weighted by molar-refractivity contribution is -0.131. The molecule has 1 aliphatic heterocycles. The normalized spacial score (nSPS) is 14.8. The molecule has 0 bridgehead atoms. The van der Waals surface area contributed by atoms with Crippen molar-refractivity contribution in [1.29, 1.82) is 5.26 Å². The van der Waals surface area contributed by atoms with Crippen LogP contribution >= 0.6 is 0 Å². The number of benzene rings is 2. The van der Waals surface area contributed by atoms with Gasteiger partial charge in [-0.25, -0.2) is 0 Å². The summed E-state index contributed by atoms with van der Waals surface area (Å²) in [5, 5.41) is 12.2. The number of nitriles is 1. The van der Waals surface area contributed by atoms with Gasteiger partial charge in [-0.15, -0.1) is 0 Å². The first-order chi connectivity index (χ1) is 12.3. The molecule has 2 aromatic carbocycles. The molecule has 0 saturated carbocycles. The van der Waals surface area contributed by atoms with E-state index in [1.165, 1.54) is 5.56 Å². The second-order valence-corrected chi connectivity index (χ2v) is 6.15. The van der Waals surface area contributed by atoms with Gasteiger partial charge in [0.2, 0.25) is 5.91 Å². The maximum Gasteiger partial charge on any atom is 0.241 e. The van der Waals surface area contributed by atoms with Crippen molar-refractivity contribution < 1.29 is 4.79 Å². The molecule has 3 rings (SSSR count). The quantitative estimate of drug-likeness (QED) is 0.912. The maximum atomic E-state index is 12.4. The van der Waals surface area contributed by atoms with Crippen molar-refractivity contribution in [2.45, 2.75) is 6.54 Å². The van der Waals surface area contributed by atoms with Crippen molar-refractivity contribution in [2.75, 3.05) is 38.0 Å². The van der Waals surface area contributed by atoms with E-state index in [4.69, 9.17) is 5.26 Å². The number of amides is 1. The van der Waals surface area contributed by atoms with Crippen LogP contribution in [0.25, 0.3) is 0 Å². The molecule has 5 nitrogen and oxygen atoms in total. The summed E-state index contributed by atoms with van der Waals surface area (Å²) >= 11 is 0. The molecule has 5 heteroatoms. The second-order valence-electron chi connectivity index (χ2n) is 6.15. The summed E-state index contributed by atoms with van der Waals surface area (Å²) < 4.78 is 0. The molecule has 25 heavy (non-hydrogen) atoms. The number of piperazine rings is 1. The van der Waals surface area contributed by atoms with Crippen LogP contribution in [-0.4, -0.2) is 48.4 Å². The Morgan fingerprint density at radius 1 is 1.00 bits per heavy atom. The molecule has 0 unspecified atom stereocenters. The van der Waals surface area contributed by atoms with Gasteiger partial charge in [0.05, 0.1) is 17.8 Å². The zero-order valence-corrected chi connectivity index (χ0v) is 14.2. The molecule has 0 aliphatic carbocycles. The number of nitrogens with one attached hydrogen (secondary N) is 1. The Hall–Kier alpha value is -2.84. The van der Waals surface area contributed by atoms with E-state index in [-0.39, 0.29) is 12.5 Å². The molecule has 2 aromatic rings. The fourth-order valence-electron chi connectivity index (χ4n) is 3.01. The highest BCUT2D eigenvalue weighted by Gasteiger charge is 2.21. The van der Waals surface area contributed by atoms with Crippen molar-refractivity contribution in [3.63, 3.8) is 0 Å². The number of hydrogen-bond acceptors (Lipinski definition) is 4. The second kappa shape index (κ2) is 8.32. The lowest BCUT2D eigenvalue weighted by Crippen LogP contribution is -2.49. The first-order valence-electron chi connectivity index (χ1n) is 8.53. The van der Waals surface area contributed by atoms with Gasteiger partial charge in [-0.1, -0.05) is 42.5 Å². The zero-order valence-electron chi connectivity index (χ0n) is 14.2. The molecular weight excluding hydrogens is 312 g/mol. The summed E-state index contributed by atoms with van der Waals surface area (Å²) in [6.07, 6.45) is 0. The summed E-state index contributed by atoms with van der Waals surface area (Å²) in [4.78, 5) is 16.7. The predicted molar refractivity (Wildman–Crippen MR) is 97.9 cm³/mol. The third-order valence-electron chi connectivity index (χ3n) is 4.45. The van der Waals surface area contributed by atoms with Crippen LogP contribution in [-0.2, 0) is 11.3 Å². The lowest BCUT2D eigenvalue weighted by Gasteiger charge is -2.34. The standard InChI is InChI=1S/C20H22N4O/c21-14-18-8-4-5-9-19(18)22-15-20(25)24-12-10-23(11-13-24)16-17-6-2-1-3-7-17/h1-9,22H,10-13,15-16H2. The number of carbonyl (C=O) groups is 1. The van der Waals surface area contributed by atoms with Crippen molar-refractivity contribution in [2.24, 2.45) is 0 Å². The van der Waals surface area contributed by atoms with Crippen LogP contribution in [0.5, 0.6) is 0 Å². The van der Waals surface area contributed by atoms with Crippen molar-refractivity contribution in [3.05, 3.63) is 65.7 Å². The average molecular weight is 334 g/mol. The lowest BCUT2D eigenvalue weighted by atomic mass is 10.2. The van der Waals surface area contributed by atoms with Gasteiger partial charge in [0, 0.05) is 32.7 Å². The Morgan fingerprint density at radius 3 is 2.40 bits per heavy atom. The van der Waals surface area contributed by atoms with Crippen molar-refractivity contribution in [1.82, 2.24) is 9.80 Å². The number of carbonyl (C=O) groups excluding carboxylic acids is 1. The number of hydrogen-bond donors (Lipinski definition) is 1. The van der Waals surface area contributed by atoms with Crippen LogP contribution < -0.4 is 5.32 Å². The smallest absolute Gasteiger partial charge is 0.241 e. The third kappa shape index (κ3) is 4.59. The highest BCUT2D eigenvalue weighted by molar-refractivity contribution is 5.81. The zero-order chi connectivity index (χ0) is 17.5. The molecule has 1 fully saturated rings. The van der Waals surface area contributed by atoms with Crippen LogP contribution in [0.2, 0.25) is 0 Å². The summed E-state index contributed by atoms with van der Waals surface area (Å²) in [5.74, 6) is 0.0760. The topological polar surface area (TPSA) is 59.4 Å². The van der Waals surface area contributed by atoms with Crippen LogP contribution in [0.4, 0.5) is 5.69 Å². The highest BCUT2D eigenvalue weighted by Crippen LogP contribution is 2.13. The molecule has 1 amide bonds. The van der Waals surface area contributed by atoms with Crippen LogP contribution in [0.3, 0.4) is 0 Å². The van der Waals surface area contributed by atoms with Gasteiger partial charge in [0.15, 0.2) is 0 Å². The number of para-hydroxylation sites is 1.